The van der Waals surface area contributed by atoms with Gasteiger partial charge in [-0.2, -0.15) is 0 Å². The number of fused-ring (bicyclic) bond motifs is 1. The molecule has 0 spiro atoms. The molecule has 3 rings (SSSR count). The maximum Gasteiger partial charge on any atom is 0.250 e. The zero-order chi connectivity index (χ0) is 14.8. The minimum atomic E-state index is 0.0238. The summed E-state index contributed by atoms with van der Waals surface area (Å²) in [6, 6.07) is 11.7. The number of rotatable bonds is 4. The molecule has 0 aliphatic carbocycles. The van der Waals surface area contributed by atoms with Gasteiger partial charge in [0.15, 0.2) is 0 Å². The van der Waals surface area contributed by atoms with Crippen LogP contribution < -0.4 is 10.9 Å². The maximum atomic E-state index is 11.6. The Morgan fingerprint density at radius 1 is 1.29 bits per heavy atom. The SMILES string of the molecule is CCn1cc(NC(C)c2nc3ccccc3s2)ccc1=O. The first-order valence-corrected chi connectivity index (χ1v) is 7.81. The second-order valence-corrected chi connectivity index (χ2v) is 5.99. The van der Waals surface area contributed by atoms with Gasteiger partial charge in [0, 0.05) is 18.8 Å². The Bertz CT molecular complexity index is 789. The van der Waals surface area contributed by atoms with Crippen molar-refractivity contribution >= 4 is 27.2 Å². The van der Waals surface area contributed by atoms with Gasteiger partial charge in [-0.3, -0.25) is 4.79 Å². The third kappa shape index (κ3) is 2.83. The molecule has 108 valence electrons. The van der Waals surface area contributed by atoms with Crippen LogP contribution in [0.4, 0.5) is 5.69 Å². The van der Waals surface area contributed by atoms with Crippen LogP contribution in [-0.4, -0.2) is 9.55 Å². The number of aromatic nitrogens is 2. The van der Waals surface area contributed by atoms with Gasteiger partial charge in [0.25, 0.3) is 5.56 Å². The van der Waals surface area contributed by atoms with Crippen LogP contribution in [0.1, 0.15) is 24.9 Å². The van der Waals surface area contributed by atoms with Crippen molar-refractivity contribution < 1.29 is 0 Å². The molecule has 0 bridgehead atoms. The zero-order valence-corrected chi connectivity index (χ0v) is 12.9. The summed E-state index contributed by atoms with van der Waals surface area (Å²) in [6.07, 6.45) is 1.85. The molecule has 21 heavy (non-hydrogen) atoms. The van der Waals surface area contributed by atoms with E-state index in [0.29, 0.717) is 6.54 Å². The molecule has 1 unspecified atom stereocenters. The number of aryl methyl sites for hydroxylation is 1. The third-order valence-corrected chi connectivity index (χ3v) is 4.61. The quantitative estimate of drug-likeness (QED) is 0.800. The minimum Gasteiger partial charge on any atom is -0.375 e. The van der Waals surface area contributed by atoms with Crippen molar-refractivity contribution in [1.29, 1.82) is 0 Å². The van der Waals surface area contributed by atoms with Gasteiger partial charge >= 0.3 is 0 Å². The Morgan fingerprint density at radius 3 is 2.86 bits per heavy atom. The van der Waals surface area contributed by atoms with Gasteiger partial charge in [0.05, 0.1) is 21.9 Å². The van der Waals surface area contributed by atoms with Crippen LogP contribution in [0.5, 0.6) is 0 Å². The fraction of sp³-hybridized carbons (Fsp3) is 0.250. The van der Waals surface area contributed by atoms with Gasteiger partial charge in [0.2, 0.25) is 0 Å². The first-order valence-electron chi connectivity index (χ1n) is 7.00. The highest BCUT2D eigenvalue weighted by Crippen LogP contribution is 2.27. The molecule has 1 aromatic carbocycles. The molecule has 1 atom stereocenters. The lowest BCUT2D eigenvalue weighted by molar-refractivity contribution is 0.725. The van der Waals surface area contributed by atoms with E-state index in [1.165, 1.54) is 4.70 Å². The molecular weight excluding hydrogens is 282 g/mol. The van der Waals surface area contributed by atoms with Crippen LogP contribution in [0.2, 0.25) is 0 Å². The van der Waals surface area contributed by atoms with Crippen molar-refractivity contribution in [2.45, 2.75) is 26.4 Å². The number of pyridine rings is 1. The summed E-state index contributed by atoms with van der Waals surface area (Å²) in [5, 5.41) is 4.46. The Balaban J connectivity index is 1.85. The van der Waals surface area contributed by atoms with E-state index in [1.807, 2.05) is 37.4 Å². The average Bonchev–Trinajstić information content (AvgIpc) is 2.93. The molecule has 0 aliphatic heterocycles. The van der Waals surface area contributed by atoms with Crippen LogP contribution in [0.3, 0.4) is 0 Å². The highest BCUT2D eigenvalue weighted by Gasteiger charge is 2.11. The highest BCUT2D eigenvalue weighted by molar-refractivity contribution is 7.18. The molecule has 0 amide bonds. The Labute approximate surface area is 127 Å². The molecule has 1 N–H and O–H groups in total. The van der Waals surface area contributed by atoms with Crippen molar-refractivity contribution in [3.63, 3.8) is 0 Å². The van der Waals surface area contributed by atoms with Gasteiger partial charge in [-0.1, -0.05) is 12.1 Å². The van der Waals surface area contributed by atoms with Crippen molar-refractivity contribution in [2.75, 3.05) is 5.32 Å². The van der Waals surface area contributed by atoms with E-state index in [9.17, 15) is 4.79 Å². The first kappa shape index (κ1) is 13.8. The lowest BCUT2D eigenvalue weighted by Crippen LogP contribution is -2.18. The fourth-order valence-electron chi connectivity index (χ4n) is 2.25. The summed E-state index contributed by atoms with van der Waals surface area (Å²) in [5.41, 5.74) is 1.99. The van der Waals surface area contributed by atoms with Crippen LogP contribution in [0.25, 0.3) is 10.2 Å². The predicted octanol–water partition coefficient (Wildman–Crippen LogP) is 3.65. The van der Waals surface area contributed by atoms with E-state index in [0.717, 1.165) is 16.2 Å². The van der Waals surface area contributed by atoms with Gasteiger partial charge in [-0.05, 0) is 32.0 Å². The van der Waals surface area contributed by atoms with Crippen molar-refractivity contribution in [2.24, 2.45) is 0 Å². The number of hydrogen-bond donors (Lipinski definition) is 1. The fourth-order valence-corrected chi connectivity index (χ4v) is 3.22. The number of para-hydroxylation sites is 1. The van der Waals surface area contributed by atoms with E-state index in [4.69, 9.17) is 0 Å². The summed E-state index contributed by atoms with van der Waals surface area (Å²) in [6.45, 7) is 4.71. The molecule has 5 heteroatoms. The van der Waals surface area contributed by atoms with Crippen LogP contribution in [-0.2, 0) is 6.54 Å². The van der Waals surface area contributed by atoms with E-state index in [2.05, 4.69) is 23.3 Å². The summed E-state index contributed by atoms with van der Waals surface area (Å²) in [7, 11) is 0. The van der Waals surface area contributed by atoms with E-state index in [-0.39, 0.29) is 11.6 Å². The largest absolute Gasteiger partial charge is 0.375 e. The standard InChI is InChI=1S/C16H17N3OS/c1-3-19-10-12(8-9-15(19)20)17-11(2)16-18-13-6-4-5-7-14(13)21-16/h4-11,17H,3H2,1-2H3. The smallest absolute Gasteiger partial charge is 0.250 e. The normalized spacial score (nSPS) is 12.5. The molecular formula is C16H17N3OS. The average molecular weight is 299 g/mol. The number of nitrogens with zero attached hydrogens (tertiary/aromatic N) is 2. The highest BCUT2D eigenvalue weighted by atomic mass is 32.1. The van der Waals surface area contributed by atoms with E-state index >= 15 is 0 Å². The molecule has 0 radical (unpaired) electrons. The molecule has 3 aromatic rings. The van der Waals surface area contributed by atoms with Crippen molar-refractivity contribution in [3.8, 4) is 0 Å². The van der Waals surface area contributed by atoms with Gasteiger partial charge in [-0.25, -0.2) is 4.98 Å². The number of hydrogen-bond acceptors (Lipinski definition) is 4. The van der Waals surface area contributed by atoms with Crippen LogP contribution in [0, 0.1) is 0 Å². The summed E-state index contributed by atoms with van der Waals surface area (Å²) in [5.74, 6) is 0. The molecule has 0 fully saturated rings. The van der Waals surface area contributed by atoms with Crippen molar-refractivity contribution in [1.82, 2.24) is 9.55 Å². The number of nitrogens with one attached hydrogen (secondary N) is 1. The Kier molecular flexibility index (Phi) is 3.75. The topological polar surface area (TPSA) is 46.9 Å². The van der Waals surface area contributed by atoms with E-state index < -0.39 is 0 Å². The Hall–Kier alpha value is -2.14. The number of thiazole rings is 1. The summed E-state index contributed by atoms with van der Waals surface area (Å²) >= 11 is 1.70. The van der Waals surface area contributed by atoms with Gasteiger partial charge in [0.1, 0.15) is 5.01 Å². The molecule has 0 saturated carbocycles. The maximum absolute atomic E-state index is 11.6. The molecule has 2 aromatic heterocycles. The van der Waals surface area contributed by atoms with Crippen LogP contribution in [0.15, 0.2) is 47.4 Å². The molecule has 2 heterocycles. The second-order valence-electron chi connectivity index (χ2n) is 4.93. The lowest BCUT2D eigenvalue weighted by atomic mass is 10.3. The summed E-state index contributed by atoms with van der Waals surface area (Å²) < 4.78 is 2.88. The molecule has 0 saturated heterocycles. The number of anilines is 1. The van der Waals surface area contributed by atoms with Crippen molar-refractivity contribution in [3.05, 3.63) is 58.0 Å². The zero-order valence-electron chi connectivity index (χ0n) is 12.0. The predicted molar refractivity (Wildman–Crippen MR) is 88.0 cm³/mol. The monoisotopic (exact) mass is 299 g/mol. The minimum absolute atomic E-state index is 0.0238. The van der Waals surface area contributed by atoms with E-state index in [1.54, 1.807) is 22.0 Å². The molecule has 0 aliphatic rings. The first-order chi connectivity index (χ1) is 10.2. The second kappa shape index (κ2) is 5.69. The van der Waals surface area contributed by atoms with Crippen LogP contribution >= 0.6 is 11.3 Å². The van der Waals surface area contributed by atoms with Gasteiger partial charge in [-0.15, -0.1) is 11.3 Å². The molecule has 4 nitrogen and oxygen atoms in total. The number of benzene rings is 1. The summed E-state index contributed by atoms with van der Waals surface area (Å²) in [4.78, 5) is 16.3. The van der Waals surface area contributed by atoms with Gasteiger partial charge < -0.3 is 9.88 Å². The Morgan fingerprint density at radius 2 is 2.10 bits per heavy atom. The lowest BCUT2D eigenvalue weighted by Gasteiger charge is -2.13. The third-order valence-electron chi connectivity index (χ3n) is 3.39.